The third-order valence-electron chi connectivity index (χ3n) is 2.00. The maximum atomic E-state index is 12.2. The maximum absolute atomic E-state index is 12.2. The predicted molar refractivity (Wildman–Crippen MR) is 34.4 cm³/mol. The molecule has 1 aliphatic heterocycles. The van der Waals surface area contributed by atoms with Crippen molar-refractivity contribution in [3.05, 3.63) is 0 Å². The summed E-state index contributed by atoms with van der Waals surface area (Å²) in [4.78, 5) is 21.3. The van der Waals surface area contributed by atoms with Crippen molar-refractivity contribution in [2.24, 2.45) is 11.8 Å². The summed E-state index contributed by atoms with van der Waals surface area (Å²) in [6.45, 7) is 1.10. The molecule has 0 aromatic heterocycles. The van der Waals surface area contributed by atoms with E-state index in [9.17, 15) is 22.8 Å². The Labute approximate surface area is 71.9 Å². The smallest absolute Gasteiger partial charge is 0.393 e. The van der Waals surface area contributed by atoms with Crippen LogP contribution in [0.3, 0.4) is 0 Å². The Morgan fingerprint density at radius 3 is 2.38 bits per heavy atom. The molecular weight excluding hydrogens is 189 g/mol. The van der Waals surface area contributed by atoms with Crippen LogP contribution in [0.25, 0.3) is 0 Å². The van der Waals surface area contributed by atoms with Crippen molar-refractivity contribution in [3.8, 4) is 0 Å². The molecule has 1 rings (SSSR count). The third-order valence-corrected chi connectivity index (χ3v) is 2.00. The van der Waals surface area contributed by atoms with Crippen molar-refractivity contribution < 1.29 is 27.5 Å². The van der Waals surface area contributed by atoms with E-state index in [4.69, 9.17) is 0 Å². The Hall–Kier alpha value is -1.07. The molecule has 0 amide bonds. The summed E-state index contributed by atoms with van der Waals surface area (Å²) in [6.07, 6.45) is -5.29. The van der Waals surface area contributed by atoms with Gasteiger partial charge in [0.2, 0.25) is 0 Å². The van der Waals surface area contributed by atoms with Crippen LogP contribution in [-0.4, -0.2) is 18.1 Å². The Balaban J connectivity index is 2.84. The highest BCUT2D eigenvalue weighted by Crippen LogP contribution is 2.37. The molecule has 0 aliphatic carbocycles. The summed E-state index contributed by atoms with van der Waals surface area (Å²) in [5, 5.41) is 0. The Kier molecular flexibility index (Phi) is 2.32. The summed E-state index contributed by atoms with van der Waals surface area (Å²) in [5.74, 6) is -5.40. The van der Waals surface area contributed by atoms with Crippen LogP contribution in [0.15, 0.2) is 0 Å². The van der Waals surface area contributed by atoms with Crippen LogP contribution in [0.1, 0.15) is 13.3 Å². The molecule has 0 N–H and O–H groups in total. The van der Waals surface area contributed by atoms with E-state index >= 15 is 0 Å². The number of halogens is 3. The van der Waals surface area contributed by atoms with E-state index in [-0.39, 0.29) is 0 Å². The quantitative estimate of drug-likeness (QED) is 0.433. The Morgan fingerprint density at radius 1 is 1.38 bits per heavy atom. The number of hydrogen-bond acceptors (Lipinski definition) is 3. The van der Waals surface area contributed by atoms with Gasteiger partial charge >= 0.3 is 18.1 Å². The van der Waals surface area contributed by atoms with E-state index < -0.39 is 36.4 Å². The van der Waals surface area contributed by atoms with Crippen LogP contribution in [0, 0.1) is 11.8 Å². The summed E-state index contributed by atoms with van der Waals surface area (Å²) in [5.41, 5.74) is 0. The predicted octanol–water partition coefficient (Wildman–Crippen LogP) is 1.27. The monoisotopic (exact) mass is 196 g/mol. The summed E-state index contributed by atoms with van der Waals surface area (Å²) < 4.78 is 40.6. The van der Waals surface area contributed by atoms with Gasteiger partial charge in [-0.05, 0) is 0 Å². The molecule has 3 nitrogen and oxygen atoms in total. The molecule has 2 unspecified atom stereocenters. The van der Waals surface area contributed by atoms with E-state index in [1.807, 2.05) is 0 Å². The molecule has 2 atom stereocenters. The van der Waals surface area contributed by atoms with E-state index in [1.54, 1.807) is 0 Å². The van der Waals surface area contributed by atoms with Crippen molar-refractivity contribution in [1.82, 2.24) is 0 Å². The normalized spacial score (nSPS) is 30.2. The topological polar surface area (TPSA) is 43.4 Å². The molecule has 1 fully saturated rings. The van der Waals surface area contributed by atoms with Crippen molar-refractivity contribution in [1.29, 1.82) is 0 Å². The highest BCUT2D eigenvalue weighted by Gasteiger charge is 2.50. The van der Waals surface area contributed by atoms with Gasteiger partial charge in [0.25, 0.3) is 0 Å². The van der Waals surface area contributed by atoms with Crippen LogP contribution < -0.4 is 0 Å². The standard InChI is InChI=1S/C7H7F3O3/c1-3-4(7(8,9)10)2-5(11)13-6(3)12/h3-4H,2H2,1H3. The fraction of sp³-hybridized carbons (Fsp3) is 0.714. The molecule has 0 aromatic rings. The zero-order valence-corrected chi connectivity index (χ0v) is 6.72. The largest absolute Gasteiger partial charge is 0.393 e. The molecular formula is C7H7F3O3. The maximum Gasteiger partial charge on any atom is 0.393 e. The average molecular weight is 196 g/mol. The molecule has 74 valence electrons. The Bertz CT molecular complexity index is 246. The van der Waals surface area contributed by atoms with E-state index in [0.29, 0.717) is 0 Å². The minimum absolute atomic E-state index is 0.767. The van der Waals surface area contributed by atoms with Crippen molar-refractivity contribution in [3.63, 3.8) is 0 Å². The van der Waals surface area contributed by atoms with Gasteiger partial charge in [0.15, 0.2) is 0 Å². The van der Waals surface area contributed by atoms with E-state index in [1.165, 1.54) is 0 Å². The first-order chi connectivity index (χ1) is 5.82. The van der Waals surface area contributed by atoms with Crippen LogP contribution in [0.5, 0.6) is 0 Å². The second-order valence-corrected chi connectivity index (χ2v) is 2.93. The fourth-order valence-electron chi connectivity index (χ4n) is 1.17. The highest BCUT2D eigenvalue weighted by atomic mass is 19.4. The van der Waals surface area contributed by atoms with Crippen LogP contribution in [0.2, 0.25) is 0 Å². The van der Waals surface area contributed by atoms with Crippen LogP contribution in [0.4, 0.5) is 13.2 Å². The fourth-order valence-corrected chi connectivity index (χ4v) is 1.17. The van der Waals surface area contributed by atoms with Crippen molar-refractivity contribution in [2.45, 2.75) is 19.5 Å². The minimum atomic E-state index is -4.52. The number of esters is 2. The van der Waals surface area contributed by atoms with E-state index in [2.05, 4.69) is 4.74 Å². The highest BCUT2D eigenvalue weighted by molar-refractivity contribution is 5.89. The molecule has 1 heterocycles. The second-order valence-electron chi connectivity index (χ2n) is 2.93. The SMILES string of the molecule is CC1C(=O)OC(=O)CC1C(F)(F)F. The van der Waals surface area contributed by atoms with Gasteiger partial charge in [-0.1, -0.05) is 6.92 Å². The first kappa shape index (κ1) is 10.0. The third kappa shape index (κ3) is 1.99. The summed E-state index contributed by atoms with van der Waals surface area (Å²) in [7, 11) is 0. The number of rotatable bonds is 0. The summed E-state index contributed by atoms with van der Waals surface area (Å²) >= 11 is 0. The molecule has 0 spiro atoms. The molecule has 1 saturated heterocycles. The number of ether oxygens (including phenoxy) is 1. The molecule has 6 heteroatoms. The van der Waals surface area contributed by atoms with Gasteiger partial charge < -0.3 is 4.74 Å². The lowest BCUT2D eigenvalue weighted by Gasteiger charge is -2.27. The van der Waals surface area contributed by atoms with Gasteiger partial charge in [-0.2, -0.15) is 13.2 Å². The molecule has 0 saturated carbocycles. The van der Waals surface area contributed by atoms with Crippen LogP contribution in [-0.2, 0) is 14.3 Å². The van der Waals surface area contributed by atoms with Crippen LogP contribution >= 0.6 is 0 Å². The lowest BCUT2D eigenvalue weighted by Crippen LogP contribution is -2.41. The average Bonchev–Trinajstić information content (AvgIpc) is 1.94. The number of alkyl halides is 3. The number of carbonyl (C=O) groups is 2. The van der Waals surface area contributed by atoms with E-state index in [0.717, 1.165) is 6.92 Å². The molecule has 0 aromatic carbocycles. The molecule has 0 bridgehead atoms. The zero-order chi connectivity index (χ0) is 10.2. The Morgan fingerprint density at radius 2 is 1.92 bits per heavy atom. The van der Waals surface area contributed by atoms with Gasteiger partial charge in [-0.3, -0.25) is 9.59 Å². The first-order valence-corrected chi connectivity index (χ1v) is 3.63. The number of cyclic esters (lactones) is 2. The lowest BCUT2D eigenvalue weighted by atomic mass is 9.88. The van der Waals surface area contributed by atoms with Crippen molar-refractivity contribution in [2.75, 3.05) is 0 Å². The van der Waals surface area contributed by atoms with Gasteiger partial charge in [-0.25, -0.2) is 0 Å². The minimum Gasteiger partial charge on any atom is -0.393 e. The molecule has 0 radical (unpaired) electrons. The first-order valence-electron chi connectivity index (χ1n) is 3.63. The lowest BCUT2D eigenvalue weighted by molar-refractivity contribution is -0.212. The molecule has 1 aliphatic rings. The van der Waals surface area contributed by atoms with Gasteiger partial charge in [0.05, 0.1) is 18.3 Å². The van der Waals surface area contributed by atoms with Gasteiger partial charge in [0, 0.05) is 0 Å². The number of carbonyl (C=O) groups excluding carboxylic acids is 2. The summed E-state index contributed by atoms with van der Waals surface area (Å²) in [6, 6.07) is 0. The van der Waals surface area contributed by atoms with Gasteiger partial charge in [0.1, 0.15) is 0 Å². The van der Waals surface area contributed by atoms with Gasteiger partial charge in [-0.15, -0.1) is 0 Å². The molecule has 13 heavy (non-hydrogen) atoms. The van der Waals surface area contributed by atoms with Crippen molar-refractivity contribution >= 4 is 11.9 Å². The second kappa shape index (κ2) is 3.01. The zero-order valence-electron chi connectivity index (χ0n) is 6.72. The number of hydrogen-bond donors (Lipinski definition) is 0.